The van der Waals surface area contributed by atoms with E-state index in [9.17, 15) is 14.7 Å². The summed E-state index contributed by atoms with van der Waals surface area (Å²) in [6.07, 6.45) is 0.479. The first-order valence-electron chi connectivity index (χ1n) is 8.87. The van der Waals surface area contributed by atoms with Crippen LogP contribution in [-0.4, -0.2) is 49.7 Å². The molecule has 3 heterocycles. The van der Waals surface area contributed by atoms with E-state index in [4.69, 9.17) is 4.98 Å². The van der Waals surface area contributed by atoms with Crippen molar-refractivity contribution in [2.45, 2.75) is 13.3 Å². The highest BCUT2D eigenvalue weighted by Crippen LogP contribution is 2.29. The van der Waals surface area contributed by atoms with Gasteiger partial charge in [-0.25, -0.2) is 4.98 Å². The molecular weight excluding hydrogens is 344 g/mol. The quantitative estimate of drug-likeness (QED) is 0.771. The van der Waals surface area contributed by atoms with Crippen LogP contribution >= 0.6 is 0 Å². The molecule has 4 rings (SSSR count). The number of carbonyl (C=O) groups excluding carboxylic acids is 1. The summed E-state index contributed by atoms with van der Waals surface area (Å²) >= 11 is 0. The highest BCUT2D eigenvalue weighted by molar-refractivity contribution is 6.07. The molecule has 1 fully saturated rings. The van der Waals surface area contributed by atoms with E-state index in [1.54, 1.807) is 15.6 Å². The largest absolute Gasteiger partial charge is 0.481 e. The van der Waals surface area contributed by atoms with Crippen LogP contribution in [0, 0.1) is 12.8 Å². The molecule has 0 aliphatic carbocycles. The zero-order chi connectivity index (χ0) is 19.1. The number of rotatable bonds is 3. The van der Waals surface area contributed by atoms with Gasteiger partial charge in [0.15, 0.2) is 5.65 Å². The van der Waals surface area contributed by atoms with Gasteiger partial charge < -0.3 is 10.0 Å². The minimum atomic E-state index is -0.854. The smallest absolute Gasteiger partial charge is 0.308 e. The molecule has 1 aliphatic rings. The monoisotopic (exact) mass is 364 g/mol. The summed E-state index contributed by atoms with van der Waals surface area (Å²) in [7, 11) is 1.81. The Kier molecular flexibility index (Phi) is 4.14. The van der Waals surface area contributed by atoms with Gasteiger partial charge >= 0.3 is 5.97 Å². The van der Waals surface area contributed by atoms with Crippen molar-refractivity contribution in [3.05, 3.63) is 47.7 Å². The fraction of sp³-hybridized carbons (Fsp3) is 0.300. The molecule has 7 heteroatoms. The average Bonchev–Trinajstić information content (AvgIpc) is 3.27. The van der Waals surface area contributed by atoms with Crippen LogP contribution in [0.4, 0.5) is 0 Å². The lowest BCUT2D eigenvalue weighted by atomic mass is 10.0. The number of amides is 1. The fourth-order valence-corrected chi connectivity index (χ4v) is 3.69. The normalized spacial score (nSPS) is 16.8. The predicted octanol–water partition coefficient (Wildman–Crippen LogP) is 2.49. The number of aromatic nitrogens is 3. The Balaban J connectivity index is 1.84. The third-order valence-corrected chi connectivity index (χ3v) is 5.09. The van der Waals surface area contributed by atoms with Crippen molar-refractivity contribution < 1.29 is 14.7 Å². The summed E-state index contributed by atoms with van der Waals surface area (Å²) in [5, 5.41) is 14.4. The average molecular weight is 364 g/mol. The number of aryl methyl sites for hydroxylation is 2. The highest BCUT2D eigenvalue weighted by atomic mass is 16.4. The van der Waals surface area contributed by atoms with Gasteiger partial charge in [-0.3, -0.25) is 14.3 Å². The summed E-state index contributed by atoms with van der Waals surface area (Å²) < 4.78 is 1.68. The summed E-state index contributed by atoms with van der Waals surface area (Å²) in [6, 6.07) is 11.5. The molecule has 138 valence electrons. The molecule has 0 unspecified atom stereocenters. The number of carboxylic acids is 1. The van der Waals surface area contributed by atoms with E-state index in [2.05, 4.69) is 5.10 Å². The van der Waals surface area contributed by atoms with Crippen LogP contribution in [-0.2, 0) is 11.8 Å². The number of hydrogen-bond donors (Lipinski definition) is 1. The van der Waals surface area contributed by atoms with Gasteiger partial charge in [-0.1, -0.05) is 30.3 Å². The number of nitrogens with zero attached hydrogens (tertiary/aromatic N) is 4. The second kappa shape index (κ2) is 6.50. The van der Waals surface area contributed by atoms with Crippen molar-refractivity contribution in [2.24, 2.45) is 13.0 Å². The molecule has 27 heavy (non-hydrogen) atoms. The molecule has 0 bridgehead atoms. The molecule has 1 N–H and O–H groups in total. The van der Waals surface area contributed by atoms with Crippen LogP contribution in [0.3, 0.4) is 0 Å². The van der Waals surface area contributed by atoms with Crippen LogP contribution in [0.2, 0.25) is 0 Å². The summed E-state index contributed by atoms with van der Waals surface area (Å²) in [6.45, 7) is 2.53. The molecule has 1 saturated heterocycles. The van der Waals surface area contributed by atoms with Crippen LogP contribution < -0.4 is 0 Å². The van der Waals surface area contributed by atoms with Crippen LogP contribution in [0.1, 0.15) is 22.5 Å². The molecule has 0 radical (unpaired) electrons. The van der Waals surface area contributed by atoms with Crippen molar-refractivity contribution in [1.29, 1.82) is 0 Å². The Bertz CT molecular complexity index is 1040. The molecule has 3 aromatic rings. The van der Waals surface area contributed by atoms with Gasteiger partial charge in [0.05, 0.1) is 28.3 Å². The lowest BCUT2D eigenvalue weighted by Crippen LogP contribution is -2.30. The van der Waals surface area contributed by atoms with E-state index in [1.807, 2.05) is 44.3 Å². The third-order valence-electron chi connectivity index (χ3n) is 5.09. The molecule has 1 aliphatic heterocycles. The van der Waals surface area contributed by atoms with Gasteiger partial charge in [-0.05, 0) is 19.4 Å². The zero-order valence-electron chi connectivity index (χ0n) is 15.2. The Labute approximate surface area is 156 Å². The maximum absolute atomic E-state index is 13.2. The summed E-state index contributed by atoms with van der Waals surface area (Å²) in [5.74, 6) is -1.53. The van der Waals surface area contributed by atoms with E-state index in [-0.39, 0.29) is 12.5 Å². The van der Waals surface area contributed by atoms with Gasteiger partial charge in [0.1, 0.15) is 0 Å². The third kappa shape index (κ3) is 2.95. The molecule has 2 aromatic heterocycles. The van der Waals surface area contributed by atoms with Gasteiger partial charge in [0.2, 0.25) is 0 Å². The number of hydrogen-bond acceptors (Lipinski definition) is 4. The molecule has 1 amide bonds. The lowest BCUT2D eigenvalue weighted by molar-refractivity contribution is -0.141. The number of fused-ring (bicyclic) bond motifs is 1. The molecule has 0 spiro atoms. The minimum absolute atomic E-state index is 0.167. The van der Waals surface area contributed by atoms with Crippen molar-refractivity contribution >= 4 is 22.9 Å². The topological polar surface area (TPSA) is 88.3 Å². The van der Waals surface area contributed by atoms with Crippen LogP contribution in [0.5, 0.6) is 0 Å². The molecular formula is C20H20N4O3. The van der Waals surface area contributed by atoms with Crippen molar-refractivity contribution in [3.8, 4) is 11.3 Å². The minimum Gasteiger partial charge on any atom is -0.481 e. The first-order valence-corrected chi connectivity index (χ1v) is 8.87. The predicted molar refractivity (Wildman–Crippen MR) is 100 cm³/mol. The second-order valence-corrected chi connectivity index (χ2v) is 6.90. The van der Waals surface area contributed by atoms with Crippen molar-refractivity contribution in [3.63, 3.8) is 0 Å². The Morgan fingerprint density at radius 1 is 1.22 bits per heavy atom. The van der Waals surface area contributed by atoms with E-state index < -0.39 is 11.9 Å². The SMILES string of the molecule is Cc1nn(C)c2nc(-c3ccccc3)cc(C(=O)N3CC[C@H](C(=O)O)C3)c12. The van der Waals surface area contributed by atoms with Gasteiger partial charge in [-0.2, -0.15) is 5.10 Å². The van der Waals surface area contributed by atoms with E-state index in [0.717, 1.165) is 16.6 Å². The van der Waals surface area contributed by atoms with Crippen LogP contribution in [0.15, 0.2) is 36.4 Å². The zero-order valence-corrected chi connectivity index (χ0v) is 15.2. The van der Waals surface area contributed by atoms with Gasteiger partial charge in [0, 0.05) is 25.7 Å². The van der Waals surface area contributed by atoms with Gasteiger partial charge in [-0.15, -0.1) is 0 Å². The van der Waals surface area contributed by atoms with Crippen molar-refractivity contribution in [2.75, 3.05) is 13.1 Å². The maximum atomic E-state index is 13.2. The van der Waals surface area contributed by atoms with Crippen LogP contribution in [0.25, 0.3) is 22.3 Å². The first kappa shape index (κ1) is 17.2. The number of aliphatic carboxylic acids is 1. The highest BCUT2D eigenvalue weighted by Gasteiger charge is 2.32. The fourth-order valence-electron chi connectivity index (χ4n) is 3.69. The van der Waals surface area contributed by atoms with E-state index in [0.29, 0.717) is 29.9 Å². The molecule has 1 aromatic carbocycles. The number of likely N-dealkylation sites (tertiary alicyclic amines) is 1. The maximum Gasteiger partial charge on any atom is 0.308 e. The number of carbonyl (C=O) groups is 2. The molecule has 7 nitrogen and oxygen atoms in total. The standard InChI is InChI=1S/C20H20N4O3/c1-12-17-15(19(25)24-9-8-14(11-24)20(26)27)10-16(13-6-4-3-5-7-13)21-18(17)23(2)22-12/h3-7,10,14H,8-9,11H2,1-2H3,(H,26,27)/t14-/m0/s1. The Morgan fingerprint density at radius 3 is 2.63 bits per heavy atom. The second-order valence-electron chi connectivity index (χ2n) is 6.90. The lowest BCUT2D eigenvalue weighted by Gasteiger charge is -2.17. The molecule has 1 atom stereocenters. The number of carboxylic acid groups (broad SMARTS) is 1. The van der Waals surface area contributed by atoms with E-state index in [1.165, 1.54) is 0 Å². The Morgan fingerprint density at radius 2 is 1.96 bits per heavy atom. The first-order chi connectivity index (χ1) is 13.0. The number of pyridine rings is 1. The number of benzene rings is 1. The summed E-state index contributed by atoms with van der Waals surface area (Å²) in [5.41, 5.74) is 3.51. The Hall–Kier alpha value is -3.22. The summed E-state index contributed by atoms with van der Waals surface area (Å²) in [4.78, 5) is 30.8. The van der Waals surface area contributed by atoms with Crippen molar-refractivity contribution in [1.82, 2.24) is 19.7 Å². The van der Waals surface area contributed by atoms with E-state index >= 15 is 0 Å². The molecule has 0 saturated carbocycles. The van der Waals surface area contributed by atoms with Gasteiger partial charge in [0.25, 0.3) is 5.91 Å².